The van der Waals surface area contributed by atoms with Crippen molar-refractivity contribution in [2.45, 2.75) is 6.61 Å². The Balaban J connectivity index is 2.85. The number of benzene rings is 1. The average molecular weight is 212 g/mol. The summed E-state index contributed by atoms with van der Waals surface area (Å²) >= 11 is 2.85. The Hall–Kier alpha value is -0.850. The monoisotopic (exact) mass is 211 g/mol. The summed E-state index contributed by atoms with van der Waals surface area (Å²) in [7, 11) is 0. The van der Waals surface area contributed by atoms with E-state index >= 15 is 0 Å². The molecule has 0 atom stereocenters. The van der Waals surface area contributed by atoms with Gasteiger partial charge in [-0.2, -0.15) is 5.26 Å². The summed E-state index contributed by atoms with van der Waals surface area (Å²) < 4.78 is 4.73. The van der Waals surface area contributed by atoms with Crippen molar-refractivity contribution >= 4 is 16.3 Å². The van der Waals surface area contributed by atoms with Gasteiger partial charge in [-0.25, -0.2) is 0 Å². The fourth-order valence-electron chi connectivity index (χ4n) is 0.794. The zero-order valence-corrected chi connectivity index (χ0v) is 7.34. The van der Waals surface area contributed by atoms with E-state index in [-0.39, 0.29) is 0 Å². The maximum atomic E-state index is 8.53. The van der Waals surface area contributed by atoms with Crippen LogP contribution in [0.3, 0.4) is 0 Å². The van der Waals surface area contributed by atoms with Crippen molar-refractivity contribution in [3.8, 4) is 6.07 Å². The lowest BCUT2D eigenvalue weighted by Gasteiger charge is -1.96. The Labute approximate surface area is 73.9 Å². The SMILES string of the molecule is N#Cc1cccc(COBr)c1. The molecule has 1 aromatic carbocycles. The Bertz CT molecular complexity index is 280. The van der Waals surface area contributed by atoms with Gasteiger partial charge in [0.05, 0.1) is 34.5 Å². The Morgan fingerprint density at radius 2 is 2.36 bits per heavy atom. The molecule has 11 heavy (non-hydrogen) atoms. The summed E-state index contributed by atoms with van der Waals surface area (Å²) in [6, 6.07) is 9.35. The van der Waals surface area contributed by atoms with Crippen molar-refractivity contribution in [2.24, 2.45) is 0 Å². The lowest BCUT2D eigenvalue weighted by molar-refractivity contribution is 0.387. The molecular weight excluding hydrogens is 206 g/mol. The first-order valence-corrected chi connectivity index (χ1v) is 3.74. The standard InChI is InChI=1S/C8H6BrNO/c9-11-6-8-3-1-2-7(4-8)5-10/h1-4H,6H2. The van der Waals surface area contributed by atoms with E-state index in [1.807, 2.05) is 12.1 Å². The second kappa shape index (κ2) is 4.12. The van der Waals surface area contributed by atoms with E-state index in [0.29, 0.717) is 12.2 Å². The predicted octanol–water partition coefficient (Wildman–Crippen LogP) is 2.38. The summed E-state index contributed by atoms with van der Waals surface area (Å²) in [6.07, 6.45) is 0. The van der Waals surface area contributed by atoms with Crippen molar-refractivity contribution in [3.05, 3.63) is 35.4 Å². The van der Waals surface area contributed by atoms with Crippen LogP contribution in [0, 0.1) is 11.3 Å². The van der Waals surface area contributed by atoms with E-state index in [1.165, 1.54) is 0 Å². The number of nitrogens with zero attached hydrogens (tertiary/aromatic N) is 1. The molecule has 0 saturated carbocycles. The zero-order chi connectivity index (χ0) is 8.10. The molecule has 0 saturated heterocycles. The Morgan fingerprint density at radius 1 is 1.55 bits per heavy atom. The first-order valence-electron chi connectivity index (χ1n) is 3.09. The summed E-state index contributed by atoms with van der Waals surface area (Å²) in [6.45, 7) is 0.482. The van der Waals surface area contributed by atoms with Gasteiger partial charge in [0, 0.05) is 0 Å². The highest BCUT2D eigenvalue weighted by Gasteiger charge is 1.93. The van der Waals surface area contributed by atoms with Crippen LogP contribution in [-0.2, 0) is 10.4 Å². The van der Waals surface area contributed by atoms with E-state index < -0.39 is 0 Å². The minimum atomic E-state index is 0.482. The van der Waals surface area contributed by atoms with Crippen molar-refractivity contribution in [1.29, 1.82) is 5.26 Å². The maximum absolute atomic E-state index is 8.53. The second-order valence-corrected chi connectivity index (χ2v) is 2.52. The summed E-state index contributed by atoms with van der Waals surface area (Å²) in [4.78, 5) is 0. The number of rotatable bonds is 2. The molecule has 0 aliphatic heterocycles. The molecule has 1 aromatic rings. The van der Waals surface area contributed by atoms with Gasteiger partial charge in [0.25, 0.3) is 0 Å². The molecule has 3 heteroatoms. The normalized spacial score (nSPS) is 9.09. The minimum Gasteiger partial charge on any atom is -0.303 e. The fraction of sp³-hybridized carbons (Fsp3) is 0.125. The largest absolute Gasteiger partial charge is 0.303 e. The van der Waals surface area contributed by atoms with Crippen LogP contribution >= 0.6 is 16.3 Å². The number of hydrogen-bond acceptors (Lipinski definition) is 2. The molecule has 0 heterocycles. The van der Waals surface area contributed by atoms with Crippen LogP contribution in [0.5, 0.6) is 0 Å². The quantitative estimate of drug-likeness (QED) is 0.753. The zero-order valence-electron chi connectivity index (χ0n) is 5.75. The van der Waals surface area contributed by atoms with Crippen LogP contribution in [-0.4, -0.2) is 0 Å². The molecule has 0 aromatic heterocycles. The summed E-state index contributed by atoms with van der Waals surface area (Å²) in [5.41, 5.74) is 1.65. The van der Waals surface area contributed by atoms with Crippen LogP contribution in [0.15, 0.2) is 24.3 Å². The average Bonchev–Trinajstić information content (AvgIpc) is 2.06. The molecule has 0 bridgehead atoms. The number of nitriles is 1. The minimum absolute atomic E-state index is 0.482. The van der Waals surface area contributed by atoms with Gasteiger partial charge in [0.1, 0.15) is 0 Å². The number of hydrogen-bond donors (Lipinski definition) is 0. The van der Waals surface area contributed by atoms with E-state index in [2.05, 4.69) is 22.3 Å². The third-order valence-corrected chi connectivity index (χ3v) is 1.51. The molecule has 0 unspecified atom stereocenters. The van der Waals surface area contributed by atoms with Crippen LogP contribution in [0.25, 0.3) is 0 Å². The van der Waals surface area contributed by atoms with E-state index in [1.54, 1.807) is 12.1 Å². The van der Waals surface area contributed by atoms with Crippen molar-refractivity contribution in [3.63, 3.8) is 0 Å². The van der Waals surface area contributed by atoms with Gasteiger partial charge >= 0.3 is 0 Å². The highest BCUT2D eigenvalue weighted by Crippen LogP contribution is 2.06. The summed E-state index contributed by atoms with van der Waals surface area (Å²) in [5, 5.41) is 8.53. The first kappa shape index (κ1) is 8.25. The van der Waals surface area contributed by atoms with Gasteiger partial charge in [-0.05, 0) is 17.7 Å². The Morgan fingerprint density at radius 3 is 3.00 bits per heavy atom. The number of halogens is 1. The fourth-order valence-corrected chi connectivity index (χ4v) is 1.06. The molecule has 0 aliphatic carbocycles. The van der Waals surface area contributed by atoms with E-state index in [9.17, 15) is 0 Å². The molecule has 0 N–H and O–H groups in total. The molecule has 0 fully saturated rings. The highest BCUT2D eigenvalue weighted by molar-refractivity contribution is 9.06. The second-order valence-electron chi connectivity index (χ2n) is 2.07. The molecule has 1 rings (SSSR count). The highest BCUT2D eigenvalue weighted by atomic mass is 79.9. The van der Waals surface area contributed by atoms with Gasteiger partial charge in [-0.1, -0.05) is 12.1 Å². The molecule has 0 amide bonds. The van der Waals surface area contributed by atoms with Crippen LogP contribution < -0.4 is 0 Å². The van der Waals surface area contributed by atoms with Gasteiger partial charge in [-0.3, -0.25) is 0 Å². The topological polar surface area (TPSA) is 33.0 Å². The molecular formula is C8H6BrNO. The predicted molar refractivity (Wildman–Crippen MR) is 44.9 cm³/mol. The molecule has 0 aliphatic rings. The van der Waals surface area contributed by atoms with E-state index in [0.717, 1.165) is 5.56 Å². The summed E-state index contributed by atoms with van der Waals surface area (Å²) in [5.74, 6) is 0. The van der Waals surface area contributed by atoms with Crippen molar-refractivity contribution in [1.82, 2.24) is 0 Å². The van der Waals surface area contributed by atoms with Gasteiger partial charge < -0.3 is 3.83 Å². The maximum Gasteiger partial charge on any atom is 0.0991 e. The molecule has 56 valence electrons. The van der Waals surface area contributed by atoms with Crippen molar-refractivity contribution < 1.29 is 3.83 Å². The molecule has 0 spiro atoms. The molecule has 0 radical (unpaired) electrons. The third-order valence-electron chi connectivity index (χ3n) is 1.28. The van der Waals surface area contributed by atoms with Gasteiger partial charge in [-0.15, -0.1) is 0 Å². The van der Waals surface area contributed by atoms with Crippen LogP contribution in [0.2, 0.25) is 0 Å². The lowest BCUT2D eigenvalue weighted by atomic mass is 10.1. The third kappa shape index (κ3) is 2.34. The van der Waals surface area contributed by atoms with Crippen LogP contribution in [0.1, 0.15) is 11.1 Å². The van der Waals surface area contributed by atoms with Gasteiger partial charge in [0.2, 0.25) is 0 Å². The Kier molecular flexibility index (Phi) is 3.09. The van der Waals surface area contributed by atoms with Crippen LogP contribution in [0.4, 0.5) is 0 Å². The molecule has 2 nitrogen and oxygen atoms in total. The van der Waals surface area contributed by atoms with Gasteiger partial charge in [0.15, 0.2) is 0 Å². The lowest BCUT2D eigenvalue weighted by Crippen LogP contribution is -1.84. The van der Waals surface area contributed by atoms with Crippen molar-refractivity contribution in [2.75, 3.05) is 0 Å². The first-order chi connectivity index (χ1) is 5.36. The van der Waals surface area contributed by atoms with E-state index in [4.69, 9.17) is 9.09 Å². The smallest absolute Gasteiger partial charge is 0.0991 e.